The summed E-state index contributed by atoms with van der Waals surface area (Å²) in [7, 11) is 0. The maximum Gasteiger partial charge on any atom is 0.325 e. The molecule has 0 saturated carbocycles. The summed E-state index contributed by atoms with van der Waals surface area (Å²) in [6.07, 6.45) is 0. The predicted molar refractivity (Wildman–Crippen MR) is 75.9 cm³/mol. The van der Waals surface area contributed by atoms with E-state index < -0.39 is 0 Å². The largest absolute Gasteiger partial charge is 0.465 e. The minimum Gasteiger partial charge on any atom is -0.465 e. The lowest BCUT2D eigenvalue weighted by Crippen LogP contribution is -2.18. The van der Waals surface area contributed by atoms with Crippen LogP contribution in [0.4, 0.5) is 5.82 Å². The van der Waals surface area contributed by atoms with Gasteiger partial charge in [0.05, 0.1) is 17.6 Å². The third-order valence-electron chi connectivity index (χ3n) is 2.98. The lowest BCUT2D eigenvalue weighted by atomic mass is 10.2. The second kappa shape index (κ2) is 5.31. The number of tetrazole rings is 1. The van der Waals surface area contributed by atoms with Crippen LogP contribution in [0.3, 0.4) is 0 Å². The number of fused-ring (bicyclic) bond motifs is 3. The van der Waals surface area contributed by atoms with Gasteiger partial charge >= 0.3 is 5.97 Å². The van der Waals surface area contributed by atoms with Crippen LogP contribution < -0.4 is 5.32 Å². The van der Waals surface area contributed by atoms with Crippen molar-refractivity contribution < 1.29 is 9.53 Å². The number of hydrogen-bond acceptors (Lipinski definition) is 7. The zero-order valence-electron chi connectivity index (χ0n) is 11.7. The van der Waals surface area contributed by atoms with E-state index in [9.17, 15) is 4.79 Å². The van der Waals surface area contributed by atoms with E-state index in [0.717, 1.165) is 16.6 Å². The van der Waals surface area contributed by atoms with Crippen LogP contribution >= 0.6 is 0 Å². The highest BCUT2D eigenvalue weighted by atomic mass is 16.5. The number of rotatable bonds is 4. The quantitative estimate of drug-likeness (QED) is 0.714. The van der Waals surface area contributed by atoms with E-state index in [-0.39, 0.29) is 12.5 Å². The Hall–Kier alpha value is -2.77. The van der Waals surface area contributed by atoms with Crippen molar-refractivity contribution >= 4 is 28.5 Å². The van der Waals surface area contributed by atoms with Crippen LogP contribution in [0.5, 0.6) is 0 Å². The Balaban J connectivity index is 2.03. The third-order valence-corrected chi connectivity index (χ3v) is 2.98. The molecule has 0 fully saturated rings. The van der Waals surface area contributed by atoms with E-state index in [2.05, 4.69) is 25.8 Å². The predicted octanol–water partition coefficient (Wildman–Crippen LogP) is 0.956. The van der Waals surface area contributed by atoms with Crippen LogP contribution in [0, 0.1) is 6.92 Å². The minimum atomic E-state index is -0.353. The van der Waals surface area contributed by atoms with Crippen molar-refractivity contribution in [2.24, 2.45) is 0 Å². The van der Waals surface area contributed by atoms with Gasteiger partial charge in [-0.25, -0.2) is 4.98 Å². The summed E-state index contributed by atoms with van der Waals surface area (Å²) in [5.41, 5.74) is 3.12. The Bertz CT molecular complexity index is 813. The van der Waals surface area contributed by atoms with E-state index in [1.807, 2.05) is 25.1 Å². The summed E-state index contributed by atoms with van der Waals surface area (Å²) in [6, 6.07) is 5.81. The molecular weight excluding hydrogens is 272 g/mol. The van der Waals surface area contributed by atoms with Crippen molar-refractivity contribution in [1.82, 2.24) is 25.0 Å². The van der Waals surface area contributed by atoms with Crippen LogP contribution in [0.1, 0.15) is 12.5 Å². The SMILES string of the molecule is CCOC(=O)CNc1nc2ccc(C)cc2n2nnnc12. The first-order valence-electron chi connectivity index (χ1n) is 6.57. The summed E-state index contributed by atoms with van der Waals surface area (Å²) >= 11 is 0. The number of nitrogens with zero attached hydrogens (tertiary/aromatic N) is 5. The molecule has 0 unspecified atom stereocenters. The van der Waals surface area contributed by atoms with Gasteiger partial charge in [0.2, 0.25) is 5.65 Å². The number of carbonyl (C=O) groups is 1. The van der Waals surface area contributed by atoms with Gasteiger partial charge in [-0.1, -0.05) is 6.07 Å². The molecule has 1 aromatic carbocycles. The number of carbonyl (C=O) groups excluding carboxylic acids is 1. The van der Waals surface area contributed by atoms with Gasteiger partial charge in [-0.05, 0) is 42.0 Å². The maximum absolute atomic E-state index is 11.4. The first kappa shape index (κ1) is 13.2. The first-order chi connectivity index (χ1) is 10.2. The molecule has 0 spiro atoms. The number of aromatic nitrogens is 5. The van der Waals surface area contributed by atoms with Gasteiger partial charge in [-0.15, -0.1) is 5.10 Å². The average molecular weight is 286 g/mol. The van der Waals surface area contributed by atoms with E-state index >= 15 is 0 Å². The summed E-state index contributed by atoms with van der Waals surface area (Å²) < 4.78 is 6.47. The fourth-order valence-electron chi connectivity index (χ4n) is 2.05. The number of esters is 1. The summed E-state index contributed by atoms with van der Waals surface area (Å²) in [6.45, 7) is 4.10. The number of aryl methyl sites for hydroxylation is 1. The van der Waals surface area contributed by atoms with Crippen LogP contribution in [0.15, 0.2) is 18.2 Å². The third kappa shape index (κ3) is 2.47. The van der Waals surface area contributed by atoms with Crippen LogP contribution in [-0.4, -0.2) is 44.1 Å². The molecule has 2 heterocycles. The Kier molecular flexibility index (Phi) is 3.35. The van der Waals surface area contributed by atoms with Crippen LogP contribution in [0.2, 0.25) is 0 Å². The van der Waals surface area contributed by atoms with Gasteiger partial charge in [-0.3, -0.25) is 4.79 Å². The van der Waals surface area contributed by atoms with Gasteiger partial charge in [0, 0.05) is 0 Å². The van der Waals surface area contributed by atoms with Crippen molar-refractivity contribution in [3.05, 3.63) is 23.8 Å². The zero-order valence-corrected chi connectivity index (χ0v) is 11.7. The Morgan fingerprint density at radius 2 is 2.29 bits per heavy atom. The van der Waals surface area contributed by atoms with Crippen LogP contribution in [0.25, 0.3) is 16.7 Å². The summed E-state index contributed by atoms with van der Waals surface area (Å²) in [5.74, 6) is 0.0957. The highest BCUT2D eigenvalue weighted by molar-refractivity contribution is 5.84. The summed E-state index contributed by atoms with van der Waals surface area (Å²) in [4.78, 5) is 15.9. The molecule has 21 heavy (non-hydrogen) atoms. The fourth-order valence-corrected chi connectivity index (χ4v) is 2.05. The Labute approximate surface area is 120 Å². The molecule has 2 aromatic heterocycles. The van der Waals surface area contributed by atoms with Crippen molar-refractivity contribution in [3.63, 3.8) is 0 Å². The molecule has 0 bridgehead atoms. The molecule has 8 heteroatoms. The molecular formula is C13H14N6O2. The Morgan fingerprint density at radius 3 is 3.10 bits per heavy atom. The van der Waals surface area contributed by atoms with Crippen molar-refractivity contribution in [3.8, 4) is 0 Å². The van der Waals surface area contributed by atoms with E-state index in [0.29, 0.717) is 18.1 Å². The zero-order chi connectivity index (χ0) is 14.8. The molecule has 108 valence electrons. The molecule has 3 aromatic rings. The lowest BCUT2D eigenvalue weighted by molar-refractivity contribution is -0.140. The number of ether oxygens (including phenoxy) is 1. The molecule has 0 aliphatic rings. The molecule has 0 aliphatic carbocycles. The van der Waals surface area contributed by atoms with Crippen molar-refractivity contribution in [2.45, 2.75) is 13.8 Å². The Morgan fingerprint density at radius 1 is 1.43 bits per heavy atom. The van der Waals surface area contributed by atoms with Gasteiger partial charge in [0.15, 0.2) is 5.82 Å². The standard InChI is InChI=1S/C13H14N6O2/c1-3-21-11(20)7-14-12-13-16-17-18-19(13)10-6-8(2)4-5-9(10)15-12/h4-6H,3,7H2,1-2H3,(H,14,15). The number of anilines is 1. The molecule has 0 amide bonds. The molecule has 8 nitrogen and oxygen atoms in total. The first-order valence-corrected chi connectivity index (χ1v) is 6.57. The maximum atomic E-state index is 11.4. The fraction of sp³-hybridized carbons (Fsp3) is 0.308. The second-order valence-corrected chi connectivity index (χ2v) is 4.53. The number of hydrogen-bond donors (Lipinski definition) is 1. The van der Waals surface area contributed by atoms with Crippen LogP contribution in [-0.2, 0) is 9.53 Å². The monoisotopic (exact) mass is 286 g/mol. The van der Waals surface area contributed by atoms with Gasteiger partial charge in [0.1, 0.15) is 6.54 Å². The van der Waals surface area contributed by atoms with Crippen molar-refractivity contribution in [1.29, 1.82) is 0 Å². The van der Waals surface area contributed by atoms with E-state index in [1.165, 1.54) is 0 Å². The summed E-state index contributed by atoms with van der Waals surface area (Å²) in [5, 5.41) is 14.5. The molecule has 0 saturated heterocycles. The lowest BCUT2D eigenvalue weighted by Gasteiger charge is -2.08. The van der Waals surface area contributed by atoms with Gasteiger partial charge in [0.25, 0.3) is 0 Å². The average Bonchev–Trinajstić information content (AvgIpc) is 2.95. The molecule has 0 atom stereocenters. The smallest absolute Gasteiger partial charge is 0.325 e. The van der Waals surface area contributed by atoms with Gasteiger partial charge in [-0.2, -0.15) is 4.52 Å². The van der Waals surface area contributed by atoms with Gasteiger partial charge < -0.3 is 10.1 Å². The normalized spacial score (nSPS) is 11.0. The van der Waals surface area contributed by atoms with E-state index in [4.69, 9.17) is 4.74 Å². The molecule has 0 aliphatic heterocycles. The highest BCUT2D eigenvalue weighted by Gasteiger charge is 2.12. The minimum absolute atomic E-state index is 0.0146. The number of nitrogens with one attached hydrogen (secondary N) is 1. The molecule has 3 rings (SSSR count). The second-order valence-electron chi connectivity index (χ2n) is 4.53. The highest BCUT2D eigenvalue weighted by Crippen LogP contribution is 2.19. The van der Waals surface area contributed by atoms with E-state index in [1.54, 1.807) is 11.4 Å². The topological polar surface area (TPSA) is 94.3 Å². The molecule has 0 radical (unpaired) electrons. The molecule has 1 N–H and O–H groups in total. The number of benzene rings is 1. The van der Waals surface area contributed by atoms with Crippen molar-refractivity contribution in [2.75, 3.05) is 18.5 Å².